The van der Waals surface area contributed by atoms with Crippen LogP contribution in [0, 0.1) is 12.8 Å². The average Bonchev–Trinajstić information content (AvgIpc) is 2.84. The lowest BCUT2D eigenvalue weighted by atomic mass is 10.3. The molecule has 0 spiro atoms. The zero-order valence-electron chi connectivity index (χ0n) is 7.29. The monoisotopic (exact) mass is 163 g/mol. The number of hydrogen-bond acceptors (Lipinski definition) is 2. The van der Waals surface area contributed by atoms with Gasteiger partial charge in [-0.2, -0.15) is 0 Å². The summed E-state index contributed by atoms with van der Waals surface area (Å²) in [5, 5.41) is 0. The molecule has 2 rings (SSSR count). The van der Waals surface area contributed by atoms with E-state index in [9.17, 15) is 0 Å². The predicted molar refractivity (Wildman–Crippen MR) is 47.2 cm³/mol. The van der Waals surface area contributed by atoms with Crippen molar-refractivity contribution in [3.05, 3.63) is 24.0 Å². The van der Waals surface area contributed by atoms with Gasteiger partial charge in [0, 0.05) is 18.0 Å². The fourth-order valence-corrected chi connectivity index (χ4v) is 1.11. The molecule has 1 saturated carbocycles. The van der Waals surface area contributed by atoms with Gasteiger partial charge in [0.2, 0.25) is 0 Å². The molecule has 0 amide bonds. The maximum Gasteiger partial charge on any atom is 0.122 e. The van der Waals surface area contributed by atoms with Gasteiger partial charge >= 0.3 is 0 Å². The Morgan fingerprint density at radius 2 is 2.42 bits per heavy atom. The number of pyridine rings is 1. The summed E-state index contributed by atoms with van der Waals surface area (Å²) < 4.78 is 5.57. The molecule has 1 heterocycles. The van der Waals surface area contributed by atoms with E-state index in [2.05, 4.69) is 4.98 Å². The number of nitrogens with zero attached hydrogens (tertiary/aromatic N) is 1. The van der Waals surface area contributed by atoms with Crippen LogP contribution in [0.2, 0.25) is 0 Å². The molecule has 1 fully saturated rings. The van der Waals surface area contributed by atoms with Crippen LogP contribution in [0.15, 0.2) is 18.3 Å². The lowest BCUT2D eigenvalue weighted by Gasteiger charge is -2.04. The second-order valence-electron chi connectivity index (χ2n) is 3.39. The molecule has 1 aromatic rings. The lowest BCUT2D eigenvalue weighted by Crippen LogP contribution is -1.99. The zero-order valence-corrected chi connectivity index (χ0v) is 7.29. The van der Waals surface area contributed by atoms with E-state index in [1.165, 1.54) is 12.8 Å². The highest BCUT2D eigenvalue weighted by Crippen LogP contribution is 2.29. The van der Waals surface area contributed by atoms with Crippen molar-refractivity contribution in [3.63, 3.8) is 0 Å². The Hall–Kier alpha value is -1.05. The zero-order chi connectivity index (χ0) is 8.39. The highest BCUT2D eigenvalue weighted by atomic mass is 16.5. The molecule has 1 aromatic heterocycles. The van der Waals surface area contributed by atoms with E-state index in [1.807, 2.05) is 19.1 Å². The molecule has 0 aromatic carbocycles. The molecule has 1 aliphatic carbocycles. The first-order valence-corrected chi connectivity index (χ1v) is 4.40. The summed E-state index contributed by atoms with van der Waals surface area (Å²) in [6.45, 7) is 2.85. The molecule has 0 bridgehead atoms. The van der Waals surface area contributed by atoms with Crippen molar-refractivity contribution in [3.8, 4) is 5.75 Å². The molecule has 0 unspecified atom stereocenters. The first-order chi connectivity index (χ1) is 5.84. The summed E-state index contributed by atoms with van der Waals surface area (Å²) >= 11 is 0. The van der Waals surface area contributed by atoms with Crippen molar-refractivity contribution in [2.45, 2.75) is 19.8 Å². The molecule has 2 nitrogen and oxygen atoms in total. The summed E-state index contributed by atoms with van der Waals surface area (Å²) in [4.78, 5) is 4.10. The average molecular weight is 163 g/mol. The van der Waals surface area contributed by atoms with Gasteiger partial charge in [-0.15, -0.1) is 0 Å². The number of aryl methyl sites for hydroxylation is 1. The molecule has 1 aliphatic rings. The summed E-state index contributed by atoms with van der Waals surface area (Å²) in [7, 11) is 0. The van der Waals surface area contributed by atoms with Crippen LogP contribution >= 0.6 is 0 Å². The highest BCUT2D eigenvalue weighted by molar-refractivity contribution is 5.21. The topological polar surface area (TPSA) is 22.1 Å². The van der Waals surface area contributed by atoms with E-state index >= 15 is 0 Å². The van der Waals surface area contributed by atoms with Gasteiger partial charge in [-0.25, -0.2) is 0 Å². The van der Waals surface area contributed by atoms with Gasteiger partial charge in [0.05, 0.1) is 6.61 Å². The predicted octanol–water partition coefficient (Wildman–Crippen LogP) is 2.18. The third-order valence-corrected chi connectivity index (χ3v) is 2.05. The van der Waals surface area contributed by atoms with Crippen LogP contribution in [-0.2, 0) is 0 Å². The second kappa shape index (κ2) is 3.13. The van der Waals surface area contributed by atoms with E-state index in [4.69, 9.17) is 4.74 Å². The summed E-state index contributed by atoms with van der Waals surface area (Å²) in [6, 6.07) is 3.89. The Labute approximate surface area is 72.6 Å². The maximum atomic E-state index is 5.57. The normalized spacial score (nSPS) is 16.1. The molecule has 0 atom stereocenters. The Balaban J connectivity index is 1.92. The van der Waals surface area contributed by atoms with Gasteiger partial charge < -0.3 is 4.74 Å². The fraction of sp³-hybridized carbons (Fsp3) is 0.500. The molecule has 0 saturated heterocycles. The van der Waals surface area contributed by atoms with Crippen LogP contribution in [0.1, 0.15) is 18.5 Å². The van der Waals surface area contributed by atoms with Crippen LogP contribution < -0.4 is 4.74 Å². The maximum absolute atomic E-state index is 5.57. The Morgan fingerprint density at radius 3 is 3.08 bits per heavy atom. The van der Waals surface area contributed by atoms with Crippen molar-refractivity contribution < 1.29 is 4.74 Å². The molecule has 0 radical (unpaired) electrons. The van der Waals surface area contributed by atoms with Crippen LogP contribution in [0.5, 0.6) is 5.75 Å². The van der Waals surface area contributed by atoms with Gasteiger partial charge in [-0.3, -0.25) is 4.98 Å². The van der Waals surface area contributed by atoms with E-state index in [0.717, 1.165) is 24.0 Å². The molecule has 2 heteroatoms. The number of ether oxygens (including phenoxy) is 1. The van der Waals surface area contributed by atoms with E-state index in [-0.39, 0.29) is 0 Å². The fourth-order valence-electron chi connectivity index (χ4n) is 1.11. The van der Waals surface area contributed by atoms with E-state index in [1.54, 1.807) is 6.20 Å². The van der Waals surface area contributed by atoms with Gasteiger partial charge in [0.25, 0.3) is 0 Å². The van der Waals surface area contributed by atoms with Gasteiger partial charge in [0.1, 0.15) is 5.75 Å². The molecular formula is C10H13NO. The van der Waals surface area contributed by atoms with Crippen molar-refractivity contribution >= 4 is 0 Å². The number of rotatable bonds is 3. The molecule has 0 N–H and O–H groups in total. The minimum absolute atomic E-state index is 0.818. The van der Waals surface area contributed by atoms with Crippen molar-refractivity contribution in [1.82, 2.24) is 4.98 Å². The van der Waals surface area contributed by atoms with Crippen LogP contribution in [0.3, 0.4) is 0 Å². The van der Waals surface area contributed by atoms with Crippen molar-refractivity contribution in [2.24, 2.45) is 5.92 Å². The quantitative estimate of drug-likeness (QED) is 0.681. The standard InChI is InChI=1S/C10H13NO/c1-8-6-10(4-5-11-8)12-7-9-2-3-9/h4-6,9H,2-3,7H2,1H3. The molecule has 12 heavy (non-hydrogen) atoms. The summed E-state index contributed by atoms with van der Waals surface area (Å²) in [6.07, 6.45) is 4.46. The Morgan fingerprint density at radius 1 is 1.58 bits per heavy atom. The molecule has 64 valence electrons. The van der Waals surface area contributed by atoms with Crippen molar-refractivity contribution in [2.75, 3.05) is 6.61 Å². The first kappa shape index (κ1) is 7.59. The van der Waals surface area contributed by atoms with Crippen LogP contribution in [-0.4, -0.2) is 11.6 Å². The Bertz CT molecular complexity index is 268. The van der Waals surface area contributed by atoms with Gasteiger partial charge in [-0.05, 0) is 31.7 Å². The highest BCUT2D eigenvalue weighted by Gasteiger charge is 2.21. The van der Waals surface area contributed by atoms with Crippen LogP contribution in [0.25, 0.3) is 0 Å². The third-order valence-electron chi connectivity index (χ3n) is 2.05. The molecular weight excluding hydrogens is 150 g/mol. The van der Waals surface area contributed by atoms with E-state index in [0.29, 0.717) is 0 Å². The van der Waals surface area contributed by atoms with Crippen LogP contribution in [0.4, 0.5) is 0 Å². The molecule has 0 aliphatic heterocycles. The van der Waals surface area contributed by atoms with Crippen molar-refractivity contribution in [1.29, 1.82) is 0 Å². The number of hydrogen-bond donors (Lipinski definition) is 0. The largest absolute Gasteiger partial charge is 0.493 e. The third kappa shape index (κ3) is 1.97. The minimum atomic E-state index is 0.818. The SMILES string of the molecule is Cc1cc(OCC2CC2)ccn1. The van der Waals surface area contributed by atoms with Gasteiger partial charge in [0.15, 0.2) is 0 Å². The van der Waals surface area contributed by atoms with Gasteiger partial charge in [-0.1, -0.05) is 0 Å². The smallest absolute Gasteiger partial charge is 0.122 e. The Kier molecular flexibility index (Phi) is 1.98. The summed E-state index contributed by atoms with van der Waals surface area (Å²) in [5.41, 5.74) is 1.02. The lowest BCUT2D eigenvalue weighted by molar-refractivity contribution is 0.299. The second-order valence-corrected chi connectivity index (χ2v) is 3.39. The van der Waals surface area contributed by atoms with E-state index < -0.39 is 0 Å². The first-order valence-electron chi connectivity index (χ1n) is 4.40. The summed E-state index contributed by atoms with van der Waals surface area (Å²) in [5.74, 6) is 1.77. The minimum Gasteiger partial charge on any atom is -0.493 e. The number of aromatic nitrogens is 1.